The third-order valence-corrected chi connectivity index (χ3v) is 4.65. The molecule has 3 aromatic rings. The quantitative estimate of drug-likeness (QED) is 0.646. The van der Waals surface area contributed by atoms with Gasteiger partial charge in [-0.1, -0.05) is 0 Å². The fraction of sp³-hybridized carbons (Fsp3) is 0.250. The van der Waals surface area contributed by atoms with E-state index in [0.29, 0.717) is 54.4 Å². The summed E-state index contributed by atoms with van der Waals surface area (Å²) in [4.78, 5) is 31.7. The number of morpholine rings is 1. The van der Waals surface area contributed by atoms with Crippen molar-refractivity contribution in [3.8, 4) is 5.69 Å². The van der Waals surface area contributed by atoms with Gasteiger partial charge in [0.05, 0.1) is 42.5 Å². The lowest BCUT2D eigenvalue weighted by atomic mass is 10.1. The fourth-order valence-electron chi connectivity index (χ4n) is 3.22. The first kappa shape index (κ1) is 18.1. The average molecular weight is 383 g/mol. The summed E-state index contributed by atoms with van der Waals surface area (Å²) in [5.74, 6) is -0.463. The Bertz CT molecular complexity index is 1090. The van der Waals surface area contributed by atoms with Gasteiger partial charge >= 0.3 is 5.97 Å². The molecule has 7 nitrogen and oxygen atoms in total. The lowest BCUT2D eigenvalue weighted by Gasteiger charge is -2.30. The Kier molecular flexibility index (Phi) is 4.79. The number of aromatic nitrogens is 2. The summed E-state index contributed by atoms with van der Waals surface area (Å²) in [6.07, 6.45) is 0. The second-order valence-electron chi connectivity index (χ2n) is 6.35. The summed E-state index contributed by atoms with van der Waals surface area (Å²) in [6.45, 7) is 2.16. The minimum atomic E-state index is -0.501. The van der Waals surface area contributed by atoms with Crippen LogP contribution in [0.4, 0.5) is 10.3 Å². The zero-order chi connectivity index (χ0) is 19.7. The zero-order valence-corrected chi connectivity index (χ0v) is 15.2. The van der Waals surface area contributed by atoms with Crippen molar-refractivity contribution in [3.63, 3.8) is 0 Å². The molecule has 1 aromatic heterocycles. The van der Waals surface area contributed by atoms with Crippen LogP contribution in [0.25, 0.3) is 16.6 Å². The van der Waals surface area contributed by atoms with Gasteiger partial charge in [0.25, 0.3) is 5.56 Å². The summed E-state index contributed by atoms with van der Waals surface area (Å²) in [5, 5.41) is 0.356. The fourth-order valence-corrected chi connectivity index (χ4v) is 3.22. The van der Waals surface area contributed by atoms with Gasteiger partial charge in [-0.2, -0.15) is 0 Å². The molecule has 1 saturated heterocycles. The lowest BCUT2D eigenvalue weighted by molar-refractivity contribution is 0.0601. The molecule has 28 heavy (non-hydrogen) atoms. The molecule has 0 aliphatic carbocycles. The lowest BCUT2D eigenvalue weighted by Crippen LogP contribution is -2.40. The van der Waals surface area contributed by atoms with Gasteiger partial charge < -0.3 is 14.4 Å². The highest BCUT2D eigenvalue weighted by atomic mass is 19.1. The van der Waals surface area contributed by atoms with E-state index in [1.54, 1.807) is 12.1 Å². The van der Waals surface area contributed by atoms with Crippen LogP contribution in [-0.2, 0) is 9.47 Å². The van der Waals surface area contributed by atoms with E-state index >= 15 is 0 Å². The molecule has 4 rings (SSSR count). The van der Waals surface area contributed by atoms with Crippen molar-refractivity contribution in [2.24, 2.45) is 0 Å². The number of nitrogens with zero attached hydrogens (tertiary/aromatic N) is 3. The molecule has 0 bridgehead atoms. The van der Waals surface area contributed by atoms with Gasteiger partial charge in [0.2, 0.25) is 5.95 Å². The Labute approximate surface area is 159 Å². The number of esters is 1. The first-order chi connectivity index (χ1) is 13.6. The van der Waals surface area contributed by atoms with Gasteiger partial charge in [0.15, 0.2) is 0 Å². The zero-order valence-electron chi connectivity index (χ0n) is 15.2. The van der Waals surface area contributed by atoms with Crippen molar-refractivity contribution in [1.29, 1.82) is 0 Å². The maximum Gasteiger partial charge on any atom is 0.337 e. The molecule has 0 unspecified atom stereocenters. The number of ether oxygens (including phenoxy) is 2. The average Bonchev–Trinajstić information content (AvgIpc) is 2.74. The molecule has 0 amide bonds. The third kappa shape index (κ3) is 3.22. The molecular formula is C20H18FN3O4. The highest BCUT2D eigenvalue weighted by molar-refractivity contribution is 5.94. The number of halogens is 1. The van der Waals surface area contributed by atoms with Crippen LogP contribution in [0.5, 0.6) is 0 Å². The number of fused-ring (bicyclic) bond motifs is 1. The number of anilines is 1. The van der Waals surface area contributed by atoms with E-state index in [4.69, 9.17) is 9.47 Å². The minimum absolute atomic E-state index is 0.297. The maximum absolute atomic E-state index is 13.4. The molecule has 2 heterocycles. The second kappa shape index (κ2) is 7.40. The van der Waals surface area contributed by atoms with Crippen LogP contribution in [0.3, 0.4) is 0 Å². The Hall–Kier alpha value is -3.26. The first-order valence-electron chi connectivity index (χ1n) is 8.82. The molecule has 0 saturated carbocycles. The number of hydrogen-bond donors (Lipinski definition) is 0. The molecule has 1 aliphatic rings. The molecule has 8 heteroatoms. The van der Waals surface area contributed by atoms with E-state index in [-0.39, 0.29) is 11.4 Å². The summed E-state index contributed by atoms with van der Waals surface area (Å²) in [5.41, 5.74) is 0.927. The summed E-state index contributed by atoms with van der Waals surface area (Å²) in [7, 11) is 1.30. The standard InChI is InChI=1S/C20H18FN3O4/c1-27-19(26)13-2-7-16-17(12-13)22-20(23-8-10-28-11-9-23)24(18(16)25)15-5-3-14(21)4-6-15/h2-7,12H,8-11H2,1H3. The van der Waals surface area contributed by atoms with Crippen molar-refractivity contribution in [2.45, 2.75) is 0 Å². The molecule has 0 spiro atoms. The van der Waals surface area contributed by atoms with Gasteiger partial charge in [-0.15, -0.1) is 0 Å². The molecule has 1 aliphatic heterocycles. The third-order valence-electron chi connectivity index (χ3n) is 4.65. The number of carbonyl (C=O) groups is 1. The number of methoxy groups -OCH3 is 1. The molecular weight excluding hydrogens is 365 g/mol. The Balaban J connectivity index is 1.97. The Morgan fingerprint density at radius 2 is 1.86 bits per heavy atom. The van der Waals surface area contributed by atoms with Crippen molar-refractivity contribution in [1.82, 2.24) is 9.55 Å². The van der Waals surface area contributed by atoms with Gasteiger partial charge in [-0.05, 0) is 42.5 Å². The van der Waals surface area contributed by atoms with E-state index in [1.165, 1.54) is 42.0 Å². The van der Waals surface area contributed by atoms with Crippen LogP contribution in [0.1, 0.15) is 10.4 Å². The molecule has 0 atom stereocenters. The van der Waals surface area contributed by atoms with E-state index in [2.05, 4.69) is 4.98 Å². The van der Waals surface area contributed by atoms with Crippen LogP contribution in [0.2, 0.25) is 0 Å². The van der Waals surface area contributed by atoms with Crippen LogP contribution < -0.4 is 10.5 Å². The van der Waals surface area contributed by atoms with Gasteiger partial charge in [-0.3, -0.25) is 4.79 Å². The van der Waals surface area contributed by atoms with E-state index in [1.807, 2.05) is 4.90 Å². The molecule has 144 valence electrons. The van der Waals surface area contributed by atoms with Gasteiger partial charge in [-0.25, -0.2) is 18.7 Å². The number of carbonyl (C=O) groups excluding carboxylic acids is 1. The molecule has 1 fully saturated rings. The van der Waals surface area contributed by atoms with Crippen LogP contribution >= 0.6 is 0 Å². The monoisotopic (exact) mass is 383 g/mol. The summed E-state index contributed by atoms with van der Waals surface area (Å²) in [6, 6.07) is 10.3. The number of rotatable bonds is 3. The highest BCUT2D eigenvalue weighted by Gasteiger charge is 2.21. The first-order valence-corrected chi connectivity index (χ1v) is 8.82. The van der Waals surface area contributed by atoms with E-state index in [0.717, 1.165) is 0 Å². The minimum Gasteiger partial charge on any atom is -0.465 e. The molecule has 2 aromatic carbocycles. The molecule has 0 radical (unpaired) electrons. The number of hydrogen-bond acceptors (Lipinski definition) is 6. The van der Waals surface area contributed by atoms with E-state index in [9.17, 15) is 14.0 Å². The summed E-state index contributed by atoms with van der Waals surface area (Å²) >= 11 is 0. The second-order valence-corrected chi connectivity index (χ2v) is 6.35. The predicted molar refractivity (Wildman–Crippen MR) is 102 cm³/mol. The normalized spacial score (nSPS) is 14.3. The maximum atomic E-state index is 13.4. The van der Waals surface area contributed by atoms with Crippen molar-refractivity contribution in [3.05, 3.63) is 64.2 Å². The Morgan fingerprint density at radius 3 is 2.54 bits per heavy atom. The van der Waals surface area contributed by atoms with Crippen LogP contribution in [0.15, 0.2) is 47.3 Å². The predicted octanol–water partition coefficient (Wildman–Crippen LogP) is 2.15. The number of benzene rings is 2. The van der Waals surface area contributed by atoms with Crippen molar-refractivity contribution < 1.29 is 18.7 Å². The molecule has 0 N–H and O–H groups in total. The van der Waals surface area contributed by atoms with E-state index < -0.39 is 5.97 Å². The van der Waals surface area contributed by atoms with Crippen molar-refractivity contribution >= 4 is 22.8 Å². The van der Waals surface area contributed by atoms with Crippen LogP contribution in [-0.4, -0.2) is 48.9 Å². The van der Waals surface area contributed by atoms with Crippen molar-refractivity contribution in [2.75, 3.05) is 38.3 Å². The highest BCUT2D eigenvalue weighted by Crippen LogP contribution is 2.21. The van der Waals surface area contributed by atoms with Crippen LogP contribution in [0, 0.1) is 5.82 Å². The van der Waals surface area contributed by atoms with Gasteiger partial charge in [0.1, 0.15) is 5.82 Å². The topological polar surface area (TPSA) is 73.7 Å². The SMILES string of the molecule is COC(=O)c1ccc2c(=O)n(-c3ccc(F)cc3)c(N3CCOCC3)nc2c1. The summed E-state index contributed by atoms with van der Waals surface area (Å²) < 4.78 is 25.0. The van der Waals surface area contributed by atoms with Gasteiger partial charge in [0, 0.05) is 13.1 Å². The largest absolute Gasteiger partial charge is 0.465 e. The Morgan fingerprint density at radius 1 is 1.14 bits per heavy atom. The smallest absolute Gasteiger partial charge is 0.337 e.